The van der Waals surface area contributed by atoms with Gasteiger partial charge in [-0.1, -0.05) is 0 Å². The van der Waals surface area contributed by atoms with Gasteiger partial charge in [0.25, 0.3) is 0 Å². The predicted octanol–water partition coefficient (Wildman–Crippen LogP) is 1.50. The zero-order valence-electron chi connectivity index (χ0n) is 6.54. The number of hydrogen-bond donors (Lipinski definition) is 2. The summed E-state index contributed by atoms with van der Waals surface area (Å²) in [5, 5.41) is 17.2. The van der Waals surface area contributed by atoms with Gasteiger partial charge in [0.05, 0.1) is 11.8 Å². The lowest BCUT2D eigenvalue weighted by atomic mass is 10.1. The van der Waals surface area contributed by atoms with Crippen molar-refractivity contribution in [2.24, 2.45) is 0 Å². The van der Waals surface area contributed by atoms with Crippen LogP contribution in [0.3, 0.4) is 0 Å². The van der Waals surface area contributed by atoms with Crippen molar-refractivity contribution < 1.29 is 28.2 Å². The van der Waals surface area contributed by atoms with Crippen molar-refractivity contribution >= 4 is 5.97 Å². The molecule has 1 aromatic heterocycles. The molecule has 0 amide bonds. The van der Waals surface area contributed by atoms with Gasteiger partial charge in [-0.3, -0.25) is 4.98 Å². The summed E-state index contributed by atoms with van der Waals surface area (Å²) in [6.45, 7) is 0. The van der Waals surface area contributed by atoms with Gasteiger partial charge in [0.15, 0.2) is 0 Å². The summed E-state index contributed by atoms with van der Waals surface area (Å²) in [7, 11) is 0. The Morgan fingerprint density at radius 2 is 1.93 bits per heavy atom. The summed E-state index contributed by atoms with van der Waals surface area (Å²) in [6, 6.07) is 0. The van der Waals surface area contributed by atoms with Crippen LogP contribution in [0.15, 0.2) is 12.4 Å². The first kappa shape index (κ1) is 10.3. The van der Waals surface area contributed by atoms with Gasteiger partial charge in [-0.2, -0.15) is 13.2 Å². The van der Waals surface area contributed by atoms with Crippen LogP contribution < -0.4 is 0 Å². The van der Waals surface area contributed by atoms with E-state index >= 15 is 0 Å². The lowest BCUT2D eigenvalue weighted by molar-refractivity contribution is -0.139. The van der Waals surface area contributed by atoms with E-state index in [0.29, 0.717) is 12.4 Å². The minimum Gasteiger partial charge on any atom is -0.506 e. The first-order valence-electron chi connectivity index (χ1n) is 3.31. The van der Waals surface area contributed by atoms with Crippen molar-refractivity contribution in [1.29, 1.82) is 0 Å². The van der Waals surface area contributed by atoms with Crippen LogP contribution >= 0.6 is 0 Å². The number of nitrogens with zero attached hydrogens (tertiary/aromatic N) is 1. The van der Waals surface area contributed by atoms with E-state index in [9.17, 15) is 18.0 Å². The highest BCUT2D eigenvalue weighted by atomic mass is 19.4. The summed E-state index contributed by atoms with van der Waals surface area (Å²) in [4.78, 5) is 13.5. The van der Waals surface area contributed by atoms with Crippen molar-refractivity contribution in [3.05, 3.63) is 23.5 Å². The van der Waals surface area contributed by atoms with Crippen molar-refractivity contribution in [2.45, 2.75) is 6.18 Å². The number of carboxylic acids is 1. The van der Waals surface area contributed by atoms with Crippen molar-refractivity contribution in [3.8, 4) is 5.75 Å². The molecule has 0 fully saturated rings. The van der Waals surface area contributed by atoms with Gasteiger partial charge >= 0.3 is 12.1 Å². The van der Waals surface area contributed by atoms with E-state index in [1.165, 1.54) is 0 Å². The molecule has 0 saturated carbocycles. The minimum atomic E-state index is -4.92. The average Bonchev–Trinajstić information content (AvgIpc) is 2.01. The Morgan fingerprint density at radius 1 is 1.36 bits per heavy atom. The van der Waals surface area contributed by atoms with Crippen LogP contribution in [0.5, 0.6) is 5.75 Å². The van der Waals surface area contributed by atoms with Crippen LogP contribution in [0.1, 0.15) is 15.9 Å². The van der Waals surface area contributed by atoms with Gasteiger partial charge in [0, 0.05) is 6.20 Å². The fraction of sp³-hybridized carbons (Fsp3) is 0.143. The molecule has 4 nitrogen and oxygen atoms in total. The van der Waals surface area contributed by atoms with Gasteiger partial charge in [0.1, 0.15) is 11.3 Å². The smallest absolute Gasteiger partial charge is 0.420 e. The number of halogens is 3. The first-order chi connectivity index (χ1) is 6.34. The quantitative estimate of drug-likeness (QED) is 0.732. The Morgan fingerprint density at radius 3 is 2.29 bits per heavy atom. The lowest BCUT2D eigenvalue weighted by Gasteiger charge is -2.10. The zero-order chi connectivity index (χ0) is 10.9. The van der Waals surface area contributed by atoms with Crippen molar-refractivity contribution in [3.63, 3.8) is 0 Å². The zero-order valence-corrected chi connectivity index (χ0v) is 6.54. The normalized spacial score (nSPS) is 11.4. The number of carboxylic acid groups (broad SMARTS) is 1. The second-order valence-corrected chi connectivity index (χ2v) is 2.38. The van der Waals surface area contributed by atoms with Crippen LogP contribution in [-0.2, 0) is 6.18 Å². The number of alkyl halides is 3. The second-order valence-electron chi connectivity index (χ2n) is 2.38. The number of rotatable bonds is 1. The third-order valence-corrected chi connectivity index (χ3v) is 1.44. The largest absolute Gasteiger partial charge is 0.506 e. The summed E-state index contributed by atoms with van der Waals surface area (Å²) >= 11 is 0. The monoisotopic (exact) mass is 207 g/mol. The third-order valence-electron chi connectivity index (χ3n) is 1.44. The molecule has 0 aliphatic carbocycles. The van der Waals surface area contributed by atoms with Gasteiger partial charge in [-0.05, 0) is 0 Å². The topological polar surface area (TPSA) is 70.4 Å². The second kappa shape index (κ2) is 3.17. The molecule has 0 unspecified atom stereocenters. The number of pyridine rings is 1. The molecule has 0 bridgehead atoms. The van der Waals surface area contributed by atoms with Gasteiger partial charge in [-0.15, -0.1) is 0 Å². The molecule has 0 aliphatic rings. The Balaban J connectivity index is 3.45. The standard InChI is InChI=1S/C7H4F3NO3/c8-7(9,10)5-3(6(13)14)1-11-2-4(5)12/h1-2,12H,(H,13,14). The maximum absolute atomic E-state index is 12.2. The summed E-state index contributed by atoms with van der Waals surface area (Å²) in [6.07, 6.45) is -3.85. The third kappa shape index (κ3) is 1.76. The molecular weight excluding hydrogens is 203 g/mol. The molecule has 76 valence electrons. The van der Waals surface area contributed by atoms with E-state index in [1.54, 1.807) is 0 Å². The Kier molecular flexibility index (Phi) is 2.33. The molecule has 1 heterocycles. The van der Waals surface area contributed by atoms with Gasteiger partial charge in [-0.25, -0.2) is 4.79 Å². The molecular formula is C7H4F3NO3. The molecule has 1 rings (SSSR count). The highest BCUT2D eigenvalue weighted by molar-refractivity contribution is 5.90. The van der Waals surface area contributed by atoms with E-state index in [1.807, 2.05) is 0 Å². The van der Waals surface area contributed by atoms with Gasteiger partial charge < -0.3 is 10.2 Å². The molecule has 1 aromatic rings. The Labute approximate surface area is 75.6 Å². The maximum Gasteiger partial charge on any atom is 0.420 e. The molecule has 0 aliphatic heterocycles. The van der Waals surface area contributed by atoms with E-state index in [4.69, 9.17) is 10.2 Å². The highest BCUT2D eigenvalue weighted by Crippen LogP contribution is 2.37. The molecule has 2 N–H and O–H groups in total. The summed E-state index contributed by atoms with van der Waals surface area (Å²) in [5.74, 6) is -2.99. The molecule has 0 atom stereocenters. The number of hydrogen-bond acceptors (Lipinski definition) is 3. The van der Waals surface area contributed by atoms with Crippen LogP contribution in [0.25, 0.3) is 0 Å². The van der Waals surface area contributed by atoms with Crippen LogP contribution in [0.4, 0.5) is 13.2 Å². The number of carbonyl (C=O) groups is 1. The Bertz CT molecular complexity index is 375. The Hall–Kier alpha value is -1.79. The number of aromatic nitrogens is 1. The first-order valence-corrected chi connectivity index (χ1v) is 3.31. The van der Waals surface area contributed by atoms with E-state index in [2.05, 4.69) is 4.98 Å². The fourth-order valence-corrected chi connectivity index (χ4v) is 0.910. The summed E-state index contributed by atoms with van der Waals surface area (Å²) < 4.78 is 36.7. The van der Waals surface area contributed by atoms with E-state index in [-0.39, 0.29) is 0 Å². The molecule has 0 radical (unpaired) electrons. The highest BCUT2D eigenvalue weighted by Gasteiger charge is 2.38. The number of aromatic hydroxyl groups is 1. The molecule has 0 aromatic carbocycles. The minimum absolute atomic E-state index is 0.533. The average molecular weight is 207 g/mol. The number of aromatic carboxylic acids is 1. The maximum atomic E-state index is 12.2. The van der Waals surface area contributed by atoms with Crippen molar-refractivity contribution in [2.75, 3.05) is 0 Å². The predicted molar refractivity (Wildman–Crippen MR) is 37.9 cm³/mol. The summed E-state index contributed by atoms with van der Waals surface area (Å²) in [5.41, 5.74) is -2.66. The molecule has 0 saturated heterocycles. The SMILES string of the molecule is O=C(O)c1cncc(O)c1C(F)(F)F. The molecule has 14 heavy (non-hydrogen) atoms. The molecule has 7 heteroatoms. The van der Waals surface area contributed by atoms with Gasteiger partial charge in [0.2, 0.25) is 0 Å². The van der Waals surface area contributed by atoms with Crippen LogP contribution in [-0.4, -0.2) is 21.2 Å². The van der Waals surface area contributed by atoms with Crippen LogP contribution in [0.2, 0.25) is 0 Å². The lowest BCUT2D eigenvalue weighted by Crippen LogP contribution is -2.13. The van der Waals surface area contributed by atoms with Crippen LogP contribution in [0, 0.1) is 0 Å². The van der Waals surface area contributed by atoms with Crippen molar-refractivity contribution in [1.82, 2.24) is 4.98 Å². The van der Waals surface area contributed by atoms with E-state index in [0.717, 1.165) is 0 Å². The van der Waals surface area contributed by atoms with E-state index < -0.39 is 29.0 Å². The molecule has 0 spiro atoms. The fourth-order valence-electron chi connectivity index (χ4n) is 0.910.